The minimum absolute atomic E-state index is 0.127. The van der Waals surface area contributed by atoms with Crippen molar-refractivity contribution in [3.63, 3.8) is 0 Å². The third kappa shape index (κ3) is 1.80. The number of hydrogen-bond acceptors (Lipinski definition) is 3. The second-order valence-electron chi connectivity index (χ2n) is 4.84. The first-order valence-corrected chi connectivity index (χ1v) is 6.36. The molecule has 2 aromatic heterocycles. The molecule has 0 saturated carbocycles. The van der Waals surface area contributed by atoms with Gasteiger partial charge in [-0.25, -0.2) is 4.98 Å². The lowest BCUT2D eigenvalue weighted by Gasteiger charge is -2.07. The fraction of sp³-hybridized carbons (Fsp3) is 0.267. The lowest BCUT2D eigenvalue weighted by Crippen LogP contribution is -2.03. The molecule has 0 amide bonds. The number of aromatic nitrogens is 3. The third-order valence-electron chi connectivity index (χ3n) is 3.56. The van der Waals surface area contributed by atoms with E-state index < -0.39 is 0 Å². The molecular formula is C15H15N3O. The predicted molar refractivity (Wildman–Crippen MR) is 75.1 cm³/mol. The molecule has 4 nitrogen and oxygen atoms in total. The van der Waals surface area contributed by atoms with Crippen LogP contribution in [0.3, 0.4) is 0 Å². The molecule has 0 fully saturated rings. The van der Waals surface area contributed by atoms with Crippen molar-refractivity contribution in [3.05, 3.63) is 36.3 Å². The van der Waals surface area contributed by atoms with Crippen molar-refractivity contribution < 1.29 is 4.79 Å². The molecule has 0 radical (unpaired) electrons. The Morgan fingerprint density at radius 2 is 2.21 bits per heavy atom. The lowest BCUT2D eigenvalue weighted by atomic mass is 10.1. The summed E-state index contributed by atoms with van der Waals surface area (Å²) >= 11 is 0. The number of imidazole rings is 1. The van der Waals surface area contributed by atoms with Gasteiger partial charge >= 0.3 is 0 Å². The van der Waals surface area contributed by atoms with Gasteiger partial charge in [0.05, 0.1) is 16.6 Å². The first-order chi connectivity index (χ1) is 9.22. The molecule has 0 spiro atoms. The molecule has 2 heterocycles. The number of aryl methyl sites for hydroxylation is 1. The molecule has 0 aliphatic carbocycles. The van der Waals surface area contributed by atoms with Crippen molar-refractivity contribution in [3.8, 4) is 0 Å². The van der Waals surface area contributed by atoms with Crippen LogP contribution in [0.1, 0.15) is 25.1 Å². The van der Waals surface area contributed by atoms with Crippen LogP contribution in [-0.2, 0) is 11.8 Å². The fourth-order valence-corrected chi connectivity index (χ4v) is 2.52. The molecule has 4 heteroatoms. The van der Waals surface area contributed by atoms with Gasteiger partial charge in [0.15, 0.2) is 0 Å². The van der Waals surface area contributed by atoms with E-state index in [-0.39, 0.29) is 5.92 Å². The van der Waals surface area contributed by atoms with E-state index in [2.05, 4.69) is 9.55 Å². The number of hydrogen-bond donors (Lipinski definition) is 0. The number of pyridine rings is 1. The van der Waals surface area contributed by atoms with Crippen molar-refractivity contribution in [1.29, 1.82) is 0 Å². The van der Waals surface area contributed by atoms with E-state index in [9.17, 15) is 4.79 Å². The highest BCUT2D eigenvalue weighted by Crippen LogP contribution is 2.27. The zero-order valence-electron chi connectivity index (χ0n) is 11.0. The second-order valence-corrected chi connectivity index (χ2v) is 4.84. The van der Waals surface area contributed by atoms with Crippen molar-refractivity contribution in [2.24, 2.45) is 7.05 Å². The van der Waals surface area contributed by atoms with Gasteiger partial charge in [0.25, 0.3) is 0 Å². The Morgan fingerprint density at radius 3 is 3.00 bits per heavy atom. The predicted octanol–water partition coefficient (Wildman–Crippen LogP) is 2.81. The highest BCUT2D eigenvalue weighted by Gasteiger charge is 2.15. The molecule has 0 N–H and O–H groups in total. The molecule has 3 aromatic rings. The quantitative estimate of drug-likeness (QED) is 0.674. The average Bonchev–Trinajstić information content (AvgIpc) is 2.77. The molecule has 0 bridgehead atoms. The summed E-state index contributed by atoms with van der Waals surface area (Å²) in [6.07, 6.45) is 3.23. The molecular weight excluding hydrogens is 238 g/mol. The van der Waals surface area contributed by atoms with Crippen LogP contribution in [0.4, 0.5) is 0 Å². The third-order valence-corrected chi connectivity index (χ3v) is 3.56. The van der Waals surface area contributed by atoms with E-state index in [1.165, 1.54) is 0 Å². The molecule has 1 atom stereocenters. The zero-order valence-corrected chi connectivity index (χ0v) is 11.0. The summed E-state index contributed by atoms with van der Waals surface area (Å²) in [4.78, 5) is 19.7. The number of aldehydes is 1. The van der Waals surface area contributed by atoms with Crippen LogP contribution in [0.15, 0.2) is 30.5 Å². The van der Waals surface area contributed by atoms with Crippen molar-refractivity contribution >= 4 is 28.2 Å². The Balaban J connectivity index is 2.30. The Kier molecular flexibility index (Phi) is 2.78. The van der Waals surface area contributed by atoms with Crippen LogP contribution in [0.5, 0.6) is 0 Å². The minimum Gasteiger partial charge on any atom is -0.331 e. The number of nitrogens with zero attached hydrogens (tertiary/aromatic N) is 3. The first-order valence-electron chi connectivity index (χ1n) is 6.36. The van der Waals surface area contributed by atoms with Gasteiger partial charge in [0, 0.05) is 31.0 Å². The Labute approximate surface area is 111 Å². The van der Waals surface area contributed by atoms with Gasteiger partial charge in [0.1, 0.15) is 12.1 Å². The summed E-state index contributed by atoms with van der Waals surface area (Å²) in [6, 6.07) is 8.00. The van der Waals surface area contributed by atoms with Crippen LogP contribution < -0.4 is 0 Å². The SMILES string of the molecule is CC(CC=O)c1nc2c3cccnc3ccc2n1C. The maximum atomic E-state index is 10.7. The van der Waals surface area contributed by atoms with Gasteiger partial charge in [-0.05, 0) is 24.3 Å². The number of fused-ring (bicyclic) bond motifs is 3. The van der Waals surface area contributed by atoms with E-state index in [0.717, 1.165) is 34.0 Å². The molecule has 3 rings (SSSR count). The van der Waals surface area contributed by atoms with Gasteiger partial charge in [-0.1, -0.05) is 6.92 Å². The standard InChI is InChI=1S/C15H15N3O/c1-10(7-9-19)15-17-14-11-4-3-8-16-12(11)5-6-13(14)18(15)2/h3-6,8-10H,7H2,1-2H3. The Hall–Kier alpha value is -2.23. The van der Waals surface area contributed by atoms with Crippen LogP contribution in [-0.4, -0.2) is 20.8 Å². The maximum Gasteiger partial charge on any atom is 0.120 e. The van der Waals surface area contributed by atoms with Gasteiger partial charge in [-0.2, -0.15) is 0 Å². The summed E-state index contributed by atoms with van der Waals surface area (Å²) in [7, 11) is 1.99. The molecule has 0 saturated heterocycles. The number of rotatable bonds is 3. The monoisotopic (exact) mass is 253 g/mol. The van der Waals surface area contributed by atoms with Crippen LogP contribution in [0.25, 0.3) is 21.9 Å². The van der Waals surface area contributed by atoms with Crippen LogP contribution in [0.2, 0.25) is 0 Å². The van der Waals surface area contributed by atoms with E-state index in [0.29, 0.717) is 6.42 Å². The molecule has 0 aliphatic rings. The largest absolute Gasteiger partial charge is 0.331 e. The van der Waals surface area contributed by atoms with E-state index in [4.69, 9.17) is 4.98 Å². The van der Waals surface area contributed by atoms with Crippen molar-refractivity contribution in [2.75, 3.05) is 0 Å². The Bertz CT molecular complexity index is 761. The zero-order chi connectivity index (χ0) is 13.4. The van der Waals surface area contributed by atoms with Crippen LogP contribution in [0, 0.1) is 0 Å². The summed E-state index contributed by atoms with van der Waals surface area (Å²) in [6.45, 7) is 2.02. The maximum absolute atomic E-state index is 10.7. The van der Waals surface area contributed by atoms with Gasteiger partial charge in [0.2, 0.25) is 0 Å². The summed E-state index contributed by atoms with van der Waals surface area (Å²) in [5.74, 6) is 1.07. The molecule has 96 valence electrons. The van der Waals surface area contributed by atoms with Gasteiger partial charge < -0.3 is 9.36 Å². The highest BCUT2D eigenvalue weighted by atomic mass is 16.1. The van der Waals surface area contributed by atoms with E-state index in [1.54, 1.807) is 6.20 Å². The summed E-state index contributed by atoms with van der Waals surface area (Å²) in [5.41, 5.74) is 2.98. The van der Waals surface area contributed by atoms with Crippen molar-refractivity contribution in [1.82, 2.24) is 14.5 Å². The van der Waals surface area contributed by atoms with E-state index in [1.807, 2.05) is 38.2 Å². The molecule has 1 unspecified atom stereocenters. The second kappa shape index (κ2) is 4.46. The molecule has 0 aliphatic heterocycles. The topological polar surface area (TPSA) is 47.8 Å². The van der Waals surface area contributed by atoms with Gasteiger partial charge in [-0.3, -0.25) is 4.98 Å². The van der Waals surface area contributed by atoms with Crippen molar-refractivity contribution in [2.45, 2.75) is 19.3 Å². The summed E-state index contributed by atoms with van der Waals surface area (Å²) < 4.78 is 2.07. The van der Waals surface area contributed by atoms with Gasteiger partial charge in [-0.15, -0.1) is 0 Å². The van der Waals surface area contributed by atoms with E-state index >= 15 is 0 Å². The average molecular weight is 253 g/mol. The smallest absolute Gasteiger partial charge is 0.120 e. The number of benzene rings is 1. The number of carbonyl (C=O) groups excluding carboxylic acids is 1. The number of carbonyl (C=O) groups is 1. The first kappa shape index (κ1) is 11.8. The van der Waals surface area contributed by atoms with Crippen LogP contribution >= 0.6 is 0 Å². The minimum atomic E-state index is 0.127. The fourth-order valence-electron chi connectivity index (χ4n) is 2.52. The normalized spacial score (nSPS) is 12.9. The highest BCUT2D eigenvalue weighted by molar-refractivity contribution is 6.02. The Morgan fingerprint density at radius 1 is 1.37 bits per heavy atom. The molecule has 19 heavy (non-hydrogen) atoms. The lowest BCUT2D eigenvalue weighted by molar-refractivity contribution is -0.108. The molecule has 1 aromatic carbocycles. The summed E-state index contributed by atoms with van der Waals surface area (Å²) in [5, 5.41) is 1.06.